The maximum absolute atomic E-state index is 11.3. The van der Waals surface area contributed by atoms with Gasteiger partial charge in [0, 0.05) is 13.6 Å². The molecule has 0 radical (unpaired) electrons. The second-order valence-electron chi connectivity index (χ2n) is 2.99. The Morgan fingerprint density at radius 1 is 1.80 bits per heavy atom. The van der Waals surface area contributed by atoms with E-state index in [1.54, 1.807) is 11.9 Å². The number of likely N-dealkylation sites (N-methyl/N-ethyl adjacent to an activating group) is 1. The van der Waals surface area contributed by atoms with Gasteiger partial charge in [0.2, 0.25) is 5.91 Å². The van der Waals surface area contributed by atoms with Crippen LogP contribution in [-0.4, -0.2) is 29.9 Å². The van der Waals surface area contributed by atoms with E-state index in [1.807, 2.05) is 6.92 Å². The quantitative estimate of drug-likeness (QED) is 0.558. The minimum absolute atomic E-state index is 0.0926. The van der Waals surface area contributed by atoms with Crippen LogP contribution in [0.15, 0.2) is 0 Å². The summed E-state index contributed by atoms with van der Waals surface area (Å²) in [6, 6.07) is 0. The number of nitrogens with zero attached hydrogens (tertiary/aromatic N) is 1. The van der Waals surface area contributed by atoms with Crippen molar-refractivity contribution in [1.29, 1.82) is 0 Å². The second kappa shape index (κ2) is 2.23. The zero-order chi connectivity index (χ0) is 7.78. The number of likely N-dealkylation sites (tertiary alicyclic amines) is 1. The van der Waals surface area contributed by atoms with Gasteiger partial charge in [-0.25, -0.2) is 0 Å². The summed E-state index contributed by atoms with van der Waals surface area (Å²) in [6.45, 7) is 2.76. The lowest BCUT2D eigenvalue weighted by Crippen LogP contribution is -2.46. The highest BCUT2D eigenvalue weighted by Gasteiger charge is 2.39. The Hall–Kier alpha value is -0.570. The Morgan fingerprint density at radius 3 is 2.60 bits per heavy atom. The lowest BCUT2D eigenvalue weighted by atomic mass is 9.96. The predicted molar refractivity (Wildman–Crippen MR) is 39.5 cm³/mol. The molecular formula is C7H14N2O. The first kappa shape index (κ1) is 7.54. The van der Waals surface area contributed by atoms with Crippen LogP contribution in [0.25, 0.3) is 0 Å². The third kappa shape index (κ3) is 0.904. The molecule has 1 aliphatic heterocycles. The molecule has 0 bridgehead atoms. The number of hydrogen-bond donors (Lipinski definition) is 1. The van der Waals surface area contributed by atoms with Gasteiger partial charge < -0.3 is 10.6 Å². The van der Waals surface area contributed by atoms with E-state index in [0.717, 1.165) is 19.4 Å². The smallest absolute Gasteiger partial charge is 0.242 e. The maximum atomic E-state index is 11.3. The van der Waals surface area contributed by atoms with Crippen molar-refractivity contribution in [3.63, 3.8) is 0 Å². The van der Waals surface area contributed by atoms with Crippen LogP contribution in [0, 0.1) is 0 Å². The van der Waals surface area contributed by atoms with Crippen LogP contribution in [0.2, 0.25) is 0 Å². The van der Waals surface area contributed by atoms with Gasteiger partial charge >= 0.3 is 0 Å². The van der Waals surface area contributed by atoms with Gasteiger partial charge in [-0.1, -0.05) is 6.92 Å². The summed E-state index contributed by atoms with van der Waals surface area (Å²) >= 11 is 0. The van der Waals surface area contributed by atoms with Gasteiger partial charge in [0.1, 0.15) is 0 Å². The van der Waals surface area contributed by atoms with E-state index >= 15 is 0 Å². The molecular weight excluding hydrogens is 128 g/mol. The SMILES string of the molecule is CCC1(N)CCN(C)C1=O. The van der Waals surface area contributed by atoms with Crippen LogP contribution in [0.5, 0.6) is 0 Å². The molecule has 3 nitrogen and oxygen atoms in total. The Labute approximate surface area is 61.2 Å². The summed E-state index contributed by atoms with van der Waals surface area (Å²) in [5, 5.41) is 0. The normalized spacial score (nSPS) is 33.5. The van der Waals surface area contributed by atoms with E-state index in [2.05, 4.69) is 0 Å². The number of carbonyl (C=O) groups is 1. The van der Waals surface area contributed by atoms with Gasteiger partial charge in [-0.05, 0) is 12.8 Å². The molecule has 0 saturated carbocycles. The number of hydrogen-bond acceptors (Lipinski definition) is 2. The first-order valence-electron chi connectivity index (χ1n) is 3.64. The maximum Gasteiger partial charge on any atom is 0.242 e. The largest absolute Gasteiger partial charge is 0.344 e. The number of rotatable bonds is 1. The molecule has 0 aromatic heterocycles. The minimum Gasteiger partial charge on any atom is -0.344 e. The Kier molecular flexibility index (Phi) is 1.68. The molecule has 0 spiro atoms. The van der Waals surface area contributed by atoms with Gasteiger partial charge in [0.05, 0.1) is 5.54 Å². The van der Waals surface area contributed by atoms with E-state index in [4.69, 9.17) is 5.73 Å². The third-order valence-corrected chi connectivity index (χ3v) is 2.30. The van der Waals surface area contributed by atoms with E-state index in [-0.39, 0.29) is 5.91 Å². The van der Waals surface area contributed by atoms with Crippen molar-refractivity contribution in [3.8, 4) is 0 Å². The molecule has 1 saturated heterocycles. The number of amides is 1. The van der Waals surface area contributed by atoms with Gasteiger partial charge in [-0.15, -0.1) is 0 Å². The van der Waals surface area contributed by atoms with E-state index < -0.39 is 5.54 Å². The molecule has 1 atom stereocenters. The predicted octanol–water partition coefficient (Wildman–Crippen LogP) is -0.0440. The minimum atomic E-state index is -0.547. The Morgan fingerprint density at radius 2 is 2.40 bits per heavy atom. The summed E-state index contributed by atoms with van der Waals surface area (Å²) in [6.07, 6.45) is 1.55. The van der Waals surface area contributed by atoms with Crippen molar-refractivity contribution in [1.82, 2.24) is 4.90 Å². The van der Waals surface area contributed by atoms with Crippen LogP contribution >= 0.6 is 0 Å². The van der Waals surface area contributed by atoms with Crippen molar-refractivity contribution in [2.24, 2.45) is 5.73 Å². The molecule has 0 aromatic rings. The zero-order valence-electron chi connectivity index (χ0n) is 6.55. The lowest BCUT2D eigenvalue weighted by Gasteiger charge is -2.18. The lowest BCUT2D eigenvalue weighted by molar-refractivity contribution is -0.131. The second-order valence-corrected chi connectivity index (χ2v) is 2.99. The molecule has 0 aliphatic carbocycles. The summed E-state index contributed by atoms with van der Waals surface area (Å²) < 4.78 is 0. The Bertz CT molecular complexity index is 158. The molecule has 1 fully saturated rings. The average Bonchev–Trinajstić information content (AvgIpc) is 2.19. The fourth-order valence-corrected chi connectivity index (χ4v) is 1.28. The van der Waals surface area contributed by atoms with Crippen molar-refractivity contribution in [2.45, 2.75) is 25.3 Å². The molecule has 1 unspecified atom stereocenters. The fraction of sp³-hybridized carbons (Fsp3) is 0.857. The molecule has 3 heteroatoms. The third-order valence-electron chi connectivity index (χ3n) is 2.30. The molecule has 58 valence electrons. The molecule has 1 rings (SSSR count). The molecule has 0 aromatic carbocycles. The van der Waals surface area contributed by atoms with E-state index in [0.29, 0.717) is 0 Å². The summed E-state index contributed by atoms with van der Waals surface area (Å²) in [7, 11) is 1.80. The highest BCUT2D eigenvalue weighted by molar-refractivity contribution is 5.87. The topological polar surface area (TPSA) is 46.3 Å². The van der Waals surface area contributed by atoms with Crippen molar-refractivity contribution in [2.75, 3.05) is 13.6 Å². The zero-order valence-corrected chi connectivity index (χ0v) is 6.55. The first-order valence-corrected chi connectivity index (χ1v) is 3.64. The van der Waals surface area contributed by atoms with Crippen LogP contribution in [-0.2, 0) is 4.79 Å². The molecule has 1 amide bonds. The summed E-state index contributed by atoms with van der Waals surface area (Å²) in [5.41, 5.74) is 5.25. The van der Waals surface area contributed by atoms with Gasteiger partial charge in [0.25, 0.3) is 0 Å². The van der Waals surface area contributed by atoms with Crippen molar-refractivity contribution in [3.05, 3.63) is 0 Å². The van der Waals surface area contributed by atoms with Gasteiger partial charge in [-0.2, -0.15) is 0 Å². The molecule has 1 aliphatic rings. The highest BCUT2D eigenvalue weighted by atomic mass is 16.2. The standard InChI is InChI=1S/C7H14N2O/c1-3-7(8)4-5-9(2)6(7)10/h3-5,8H2,1-2H3. The van der Waals surface area contributed by atoms with Crippen LogP contribution in [0.1, 0.15) is 19.8 Å². The highest BCUT2D eigenvalue weighted by Crippen LogP contribution is 2.21. The van der Waals surface area contributed by atoms with Crippen molar-refractivity contribution < 1.29 is 4.79 Å². The number of nitrogens with two attached hydrogens (primary N) is 1. The van der Waals surface area contributed by atoms with Crippen LogP contribution < -0.4 is 5.73 Å². The number of carbonyl (C=O) groups excluding carboxylic acids is 1. The summed E-state index contributed by atoms with van der Waals surface area (Å²) in [5.74, 6) is 0.0926. The Balaban J connectivity index is 2.73. The van der Waals surface area contributed by atoms with Gasteiger partial charge in [0.15, 0.2) is 0 Å². The first-order chi connectivity index (χ1) is 4.60. The van der Waals surface area contributed by atoms with E-state index in [1.165, 1.54) is 0 Å². The fourth-order valence-electron chi connectivity index (χ4n) is 1.28. The monoisotopic (exact) mass is 142 g/mol. The molecule has 1 heterocycles. The van der Waals surface area contributed by atoms with E-state index in [9.17, 15) is 4.79 Å². The van der Waals surface area contributed by atoms with Crippen LogP contribution in [0.3, 0.4) is 0 Å². The molecule has 2 N–H and O–H groups in total. The molecule has 10 heavy (non-hydrogen) atoms. The summed E-state index contributed by atoms with van der Waals surface area (Å²) in [4.78, 5) is 13.0. The van der Waals surface area contributed by atoms with Gasteiger partial charge in [-0.3, -0.25) is 4.79 Å². The van der Waals surface area contributed by atoms with Crippen LogP contribution in [0.4, 0.5) is 0 Å². The average molecular weight is 142 g/mol. The van der Waals surface area contributed by atoms with Crippen molar-refractivity contribution >= 4 is 5.91 Å².